The molecule has 3 atom stereocenters. The summed E-state index contributed by atoms with van der Waals surface area (Å²) in [6, 6.07) is 5.23. The molecule has 2 aromatic rings. The van der Waals surface area contributed by atoms with Crippen LogP contribution in [0.2, 0.25) is 0 Å². The van der Waals surface area contributed by atoms with Gasteiger partial charge >= 0.3 is 0 Å². The summed E-state index contributed by atoms with van der Waals surface area (Å²) in [5, 5.41) is 2.89. The van der Waals surface area contributed by atoms with Crippen LogP contribution in [-0.4, -0.2) is 77.6 Å². The van der Waals surface area contributed by atoms with E-state index < -0.39 is 0 Å². The fraction of sp³-hybridized carbons (Fsp3) is 0.538. The number of fused-ring (bicyclic) bond motifs is 1. The molecule has 0 aliphatic carbocycles. The number of nitrogens with zero attached hydrogens (tertiary/aromatic N) is 4. The largest absolute Gasteiger partial charge is 0.491 e. The summed E-state index contributed by atoms with van der Waals surface area (Å²) in [5.41, 5.74) is 2.08. The van der Waals surface area contributed by atoms with E-state index in [9.17, 15) is 9.59 Å². The molecule has 0 fully saturated rings. The Kier molecular flexibility index (Phi) is 9.56. The first-order valence-corrected chi connectivity index (χ1v) is 12.1. The third-order valence-electron chi connectivity index (χ3n) is 6.34. The van der Waals surface area contributed by atoms with Gasteiger partial charge in [0.25, 0.3) is 5.91 Å². The molecule has 2 amide bonds. The number of hydrogen-bond acceptors (Lipinski definition) is 7. The van der Waals surface area contributed by atoms with E-state index in [1.54, 1.807) is 37.3 Å². The molecule has 0 spiro atoms. The van der Waals surface area contributed by atoms with Crippen molar-refractivity contribution in [2.45, 2.75) is 52.3 Å². The van der Waals surface area contributed by atoms with E-state index >= 15 is 0 Å². The maximum Gasteiger partial charge on any atom is 0.257 e. The fourth-order valence-corrected chi connectivity index (χ4v) is 4.24. The molecule has 190 valence electrons. The van der Waals surface area contributed by atoms with E-state index in [1.165, 1.54) is 6.33 Å². The summed E-state index contributed by atoms with van der Waals surface area (Å²) in [4.78, 5) is 37.7. The summed E-state index contributed by atoms with van der Waals surface area (Å²) in [5.74, 6) is 0.406. The number of hydrogen-bond donors (Lipinski definition) is 1. The van der Waals surface area contributed by atoms with Crippen LogP contribution >= 0.6 is 0 Å². The number of carbonyl (C=O) groups excluding carboxylic acids is 2. The van der Waals surface area contributed by atoms with Gasteiger partial charge < -0.3 is 19.7 Å². The molecule has 1 N–H and O–H groups in total. The predicted octanol–water partition coefficient (Wildman–Crippen LogP) is 3.22. The van der Waals surface area contributed by atoms with Crippen molar-refractivity contribution in [1.29, 1.82) is 0 Å². The smallest absolute Gasteiger partial charge is 0.257 e. The quantitative estimate of drug-likeness (QED) is 0.674. The van der Waals surface area contributed by atoms with Gasteiger partial charge in [-0.05, 0) is 31.4 Å². The lowest BCUT2D eigenvalue weighted by atomic mass is 10.0. The maximum absolute atomic E-state index is 13.3. The van der Waals surface area contributed by atoms with E-state index in [-0.39, 0.29) is 29.9 Å². The zero-order valence-corrected chi connectivity index (χ0v) is 21.4. The molecule has 0 unspecified atom stereocenters. The number of anilines is 1. The topological polar surface area (TPSA) is 96.9 Å². The van der Waals surface area contributed by atoms with Gasteiger partial charge in [-0.25, -0.2) is 9.97 Å². The lowest BCUT2D eigenvalue weighted by Crippen LogP contribution is -2.46. The van der Waals surface area contributed by atoms with Crippen molar-refractivity contribution in [2.75, 3.05) is 39.2 Å². The number of aromatic nitrogens is 2. The molecule has 2 heterocycles. The van der Waals surface area contributed by atoms with Crippen LogP contribution in [-0.2, 0) is 16.1 Å². The Bertz CT molecular complexity index is 987. The molecule has 0 bridgehead atoms. The average Bonchev–Trinajstić information content (AvgIpc) is 2.85. The van der Waals surface area contributed by atoms with Gasteiger partial charge in [0.2, 0.25) is 5.91 Å². The maximum atomic E-state index is 13.3. The summed E-state index contributed by atoms with van der Waals surface area (Å²) in [6.07, 6.45) is 6.23. The number of amides is 2. The highest BCUT2D eigenvalue weighted by Gasteiger charge is 2.28. The van der Waals surface area contributed by atoms with Crippen molar-refractivity contribution in [1.82, 2.24) is 19.8 Å². The fourth-order valence-electron chi connectivity index (χ4n) is 4.24. The zero-order valence-electron chi connectivity index (χ0n) is 21.4. The molecule has 3 rings (SSSR count). The molecule has 0 radical (unpaired) electrons. The SMILES string of the molecule is CCCC(=O)Nc1ccc2c(c1)OC[C@@H](C)N(Cc1cncnc1)C[C@@H](C)[C@@H](OC)CN(C)C2=O. The molecule has 1 aliphatic rings. The molecule has 9 nitrogen and oxygen atoms in total. The molecular formula is C26H37N5O4. The molecule has 1 aromatic carbocycles. The van der Waals surface area contributed by atoms with Gasteiger partial charge in [-0.1, -0.05) is 13.8 Å². The Morgan fingerprint density at radius 2 is 1.97 bits per heavy atom. The van der Waals surface area contributed by atoms with E-state index in [2.05, 4.69) is 34.0 Å². The average molecular weight is 484 g/mol. The van der Waals surface area contributed by atoms with Gasteiger partial charge in [-0.2, -0.15) is 0 Å². The Balaban J connectivity index is 1.92. The molecule has 0 saturated carbocycles. The van der Waals surface area contributed by atoms with Gasteiger partial charge in [-0.3, -0.25) is 14.5 Å². The molecule has 35 heavy (non-hydrogen) atoms. The monoisotopic (exact) mass is 483 g/mol. The number of nitrogens with one attached hydrogen (secondary N) is 1. The lowest BCUT2D eigenvalue weighted by Gasteiger charge is -2.36. The second-order valence-electron chi connectivity index (χ2n) is 9.28. The lowest BCUT2D eigenvalue weighted by molar-refractivity contribution is -0.116. The van der Waals surface area contributed by atoms with Gasteiger partial charge in [0, 0.05) is 76.0 Å². The molecule has 0 saturated heterocycles. The standard InChI is InChI=1S/C26H37N5O4/c1-6-7-25(32)29-21-8-9-22-23(10-21)35-16-19(3)31(14-20-11-27-17-28-12-20)13-18(2)24(34-5)15-30(4)26(22)33/h8-12,17-19,24H,6-7,13-16H2,1-5H3,(H,29,32)/t18-,19-,24+/m1/s1. The van der Waals surface area contributed by atoms with Crippen LogP contribution in [0.15, 0.2) is 36.9 Å². The first-order chi connectivity index (χ1) is 16.8. The molecule has 1 aromatic heterocycles. The van der Waals surface area contributed by atoms with E-state index in [0.717, 1.165) is 18.5 Å². The molecular weight excluding hydrogens is 446 g/mol. The summed E-state index contributed by atoms with van der Waals surface area (Å²) >= 11 is 0. The van der Waals surface area contributed by atoms with Crippen molar-refractivity contribution in [2.24, 2.45) is 5.92 Å². The highest BCUT2D eigenvalue weighted by atomic mass is 16.5. The number of benzene rings is 1. The zero-order chi connectivity index (χ0) is 25.4. The van der Waals surface area contributed by atoms with Crippen molar-refractivity contribution >= 4 is 17.5 Å². The minimum Gasteiger partial charge on any atom is -0.491 e. The number of methoxy groups -OCH3 is 1. The van der Waals surface area contributed by atoms with Crippen LogP contribution in [0.4, 0.5) is 5.69 Å². The second kappa shape index (κ2) is 12.6. The summed E-state index contributed by atoms with van der Waals surface area (Å²) < 4.78 is 12.0. The number of rotatable bonds is 6. The van der Waals surface area contributed by atoms with Crippen LogP contribution in [0, 0.1) is 5.92 Å². The predicted molar refractivity (Wildman–Crippen MR) is 134 cm³/mol. The van der Waals surface area contributed by atoms with Crippen LogP contribution in [0.1, 0.15) is 49.5 Å². The van der Waals surface area contributed by atoms with Gasteiger partial charge in [-0.15, -0.1) is 0 Å². The Labute approximate surface area is 207 Å². The normalized spacial score (nSPS) is 21.9. The number of ether oxygens (including phenoxy) is 2. The van der Waals surface area contributed by atoms with Crippen LogP contribution in [0.5, 0.6) is 5.75 Å². The summed E-state index contributed by atoms with van der Waals surface area (Å²) in [6.45, 7) is 8.43. The van der Waals surface area contributed by atoms with Crippen molar-refractivity contribution in [3.63, 3.8) is 0 Å². The van der Waals surface area contributed by atoms with Gasteiger partial charge in [0.05, 0.1) is 11.7 Å². The Morgan fingerprint density at radius 1 is 1.23 bits per heavy atom. The van der Waals surface area contributed by atoms with E-state index in [4.69, 9.17) is 9.47 Å². The second-order valence-corrected chi connectivity index (χ2v) is 9.28. The minimum absolute atomic E-state index is 0.0357. The number of carbonyl (C=O) groups is 2. The van der Waals surface area contributed by atoms with E-state index in [1.807, 2.05) is 19.3 Å². The first-order valence-electron chi connectivity index (χ1n) is 12.1. The molecule has 1 aliphatic heterocycles. The minimum atomic E-state index is -0.146. The van der Waals surface area contributed by atoms with Gasteiger partial charge in [0.1, 0.15) is 18.7 Å². The van der Waals surface area contributed by atoms with Crippen LogP contribution in [0.25, 0.3) is 0 Å². The highest BCUT2D eigenvalue weighted by Crippen LogP contribution is 2.27. The van der Waals surface area contributed by atoms with Crippen LogP contribution < -0.4 is 10.1 Å². The van der Waals surface area contributed by atoms with E-state index in [0.29, 0.717) is 43.1 Å². The third-order valence-corrected chi connectivity index (χ3v) is 6.34. The Hall–Kier alpha value is -3.04. The van der Waals surface area contributed by atoms with Crippen molar-refractivity contribution < 1.29 is 19.1 Å². The van der Waals surface area contributed by atoms with Gasteiger partial charge in [0.15, 0.2) is 0 Å². The highest BCUT2D eigenvalue weighted by molar-refractivity contribution is 5.98. The number of likely N-dealkylation sites (N-methyl/N-ethyl adjacent to an activating group) is 1. The first kappa shape index (κ1) is 26.6. The summed E-state index contributed by atoms with van der Waals surface area (Å²) in [7, 11) is 3.46. The Morgan fingerprint density at radius 3 is 2.66 bits per heavy atom. The third kappa shape index (κ3) is 7.22. The van der Waals surface area contributed by atoms with Crippen LogP contribution in [0.3, 0.4) is 0 Å². The molecule has 9 heteroatoms. The van der Waals surface area contributed by atoms with Crippen molar-refractivity contribution in [3.05, 3.63) is 48.0 Å². The van der Waals surface area contributed by atoms with Crippen molar-refractivity contribution in [3.8, 4) is 5.75 Å².